The number of amides is 6. The second-order valence-electron chi connectivity index (χ2n) is 12.0. The van der Waals surface area contributed by atoms with Gasteiger partial charge in [-0.05, 0) is 65.3 Å². The first-order valence-corrected chi connectivity index (χ1v) is 16.7. The fourth-order valence-corrected chi connectivity index (χ4v) is 4.36. The number of aliphatic carboxylic acids is 3. The molecule has 53 heavy (non-hydrogen) atoms. The van der Waals surface area contributed by atoms with E-state index in [1.54, 1.807) is 0 Å². The van der Waals surface area contributed by atoms with Crippen LogP contribution in [0.3, 0.4) is 0 Å². The number of unbranched alkanes of at least 4 members (excludes halogenated alkanes) is 1. The van der Waals surface area contributed by atoms with Gasteiger partial charge in [-0.2, -0.15) is 0 Å². The van der Waals surface area contributed by atoms with Gasteiger partial charge in [0.25, 0.3) is 0 Å². The standard InChI is InChI=1S/C30H53N11O12/c1-15(38-26(49)17(32)8-10-22(43)44)24(47)37-16(2)25(48)40-18(6-3-4-12-31)28(51)41-19(9-11-23(45)46)27(50)36-14-21(42)39-20(29(52)53)7-5-13-35-30(33)34/h15-20H,3-14,31-32H2,1-2H3,(H,36,50)(H,37,47)(H,38,49)(H,39,42)(H,40,48)(H,41,51)(H,43,44)(H,45,46)(H,52,53)(H4,33,34,35). The molecular formula is C30H53N11O12. The number of nitrogens with zero attached hydrogens (tertiary/aromatic N) is 1. The van der Waals surface area contributed by atoms with E-state index in [1.807, 2.05) is 0 Å². The van der Waals surface area contributed by atoms with E-state index in [-0.39, 0.29) is 51.2 Å². The Kier molecular flexibility index (Phi) is 22.7. The number of rotatable bonds is 27. The van der Waals surface area contributed by atoms with Gasteiger partial charge >= 0.3 is 17.9 Å². The second kappa shape index (κ2) is 25.4. The van der Waals surface area contributed by atoms with Crippen LogP contribution in [0.1, 0.15) is 71.6 Å². The molecule has 0 radical (unpaired) electrons. The molecule has 6 amide bonds. The molecule has 0 bridgehead atoms. The molecule has 0 fully saturated rings. The smallest absolute Gasteiger partial charge is 0.326 e. The number of aliphatic imine (C=N–C) groups is 1. The highest BCUT2D eigenvalue weighted by molar-refractivity contribution is 5.96. The third-order valence-corrected chi connectivity index (χ3v) is 7.37. The van der Waals surface area contributed by atoms with Crippen LogP contribution in [-0.4, -0.2) is 131 Å². The molecule has 0 saturated heterocycles. The fourth-order valence-electron chi connectivity index (χ4n) is 4.36. The van der Waals surface area contributed by atoms with E-state index in [1.165, 1.54) is 13.8 Å². The maximum atomic E-state index is 13.4. The molecule has 0 aliphatic carbocycles. The zero-order chi connectivity index (χ0) is 40.7. The average molecular weight is 760 g/mol. The lowest BCUT2D eigenvalue weighted by molar-refractivity contribution is -0.142. The Hall–Kier alpha value is -5.58. The molecule has 6 atom stereocenters. The lowest BCUT2D eigenvalue weighted by atomic mass is 10.1. The largest absolute Gasteiger partial charge is 0.481 e. The number of nitrogens with one attached hydrogen (secondary N) is 6. The van der Waals surface area contributed by atoms with Crippen molar-refractivity contribution in [3.63, 3.8) is 0 Å². The van der Waals surface area contributed by atoms with E-state index in [9.17, 15) is 53.4 Å². The molecule has 0 saturated carbocycles. The van der Waals surface area contributed by atoms with E-state index >= 15 is 0 Å². The monoisotopic (exact) mass is 759 g/mol. The third kappa shape index (κ3) is 21.4. The van der Waals surface area contributed by atoms with E-state index in [0.29, 0.717) is 12.8 Å². The molecule has 0 aromatic heterocycles. The highest BCUT2D eigenvalue weighted by Gasteiger charge is 2.30. The highest BCUT2D eigenvalue weighted by atomic mass is 16.4. The van der Waals surface area contributed by atoms with Crippen molar-refractivity contribution in [2.24, 2.45) is 27.9 Å². The van der Waals surface area contributed by atoms with Crippen LogP contribution in [0.4, 0.5) is 0 Å². The normalized spacial score (nSPS) is 14.0. The van der Waals surface area contributed by atoms with Gasteiger partial charge in [0.1, 0.15) is 30.2 Å². The lowest BCUT2D eigenvalue weighted by Crippen LogP contribution is -2.58. The van der Waals surface area contributed by atoms with Gasteiger partial charge in [-0.3, -0.25) is 43.3 Å². The van der Waals surface area contributed by atoms with Crippen molar-refractivity contribution in [2.45, 2.75) is 108 Å². The van der Waals surface area contributed by atoms with E-state index in [0.717, 1.165) is 0 Å². The Bertz CT molecular complexity index is 1330. The molecule has 0 rings (SSSR count). The van der Waals surface area contributed by atoms with E-state index in [2.05, 4.69) is 36.9 Å². The van der Waals surface area contributed by atoms with E-state index < -0.39 is 109 Å². The number of hydrogen-bond acceptors (Lipinski definition) is 12. The van der Waals surface area contributed by atoms with Crippen LogP contribution in [0.15, 0.2) is 4.99 Å². The average Bonchev–Trinajstić information content (AvgIpc) is 3.07. The van der Waals surface area contributed by atoms with Crippen LogP contribution < -0.4 is 54.8 Å². The lowest BCUT2D eigenvalue weighted by Gasteiger charge is -2.25. The Balaban J connectivity index is 5.55. The van der Waals surface area contributed by atoms with Gasteiger partial charge < -0.3 is 70.2 Å². The van der Waals surface area contributed by atoms with Crippen molar-refractivity contribution in [3.8, 4) is 0 Å². The molecule has 0 aromatic carbocycles. The Morgan fingerprint density at radius 1 is 0.604 bits per heavy atom. The Morgan fingerprint density at radius 3 is 1.66 bits per heavy atom. The molecule has 0 aromatic rings. The minimum atomic E-state index is -1.50. The molecule has 0 aliphatic heterocycles. The molecule has 6 unspecified atom stereocenters. The topological polar surface area (TPSA) is 403 Å². The molecule has 17 N–H and O–H groups in total. The van der Waals surface area contributed by atoms with E-state index in [4.69, 9.17) is 28.0 Å². The fraction of sp³-hybridized carbons (Fsp3) is 0.667. The maximum absolute atomic E-state index is 13.4. The number of carboxylic acids is 3. The van der Waals surface area contributed by atoms with Crippen molar-refractivity contribution in [1.29, 1.82) is 0 Å². The van der Waals surface area contributed by atoms with Gasteiger partial charge in [0.15, 0.2) is 5.96 Å². The zero-order valence-corrected chi connectivity index (χ0v) is 29.7. The number of guanidine groups is 1. The summed E-state index contributed by atoms with van der Waals surface area (Å²) < 4.78 is 0. The number of hydrogen-bond donors (Lipinski definition) is 13. The quantitative estimate of drug-likeness (QED) is 0.0212. The van der Waals surface area contributed by atoms with Crippen LogP contribution >= 0.6 is 0 Å². The molecule has 0 spiro atoms. The van der Waals surface area contributed by atoms with Gasteiger partial charge in [-0.15, -0.1) is 0 Å². The minimum absolute atomic E-state index is 0.0194. The zero-order valence-electron chi connectivity index (χ0n) is 29.7. The van der Waals surface area contributed by atoms with Crippen molar-refractivity contribution < 1.29 is 58.5 Å². The first-order valence-electron chi connectivity index (χ1n) is 16.7. The van der Waals surface area contributed by atoms with Gasteiger partial charge in [-0.1, -0.05) is 0 Å². The Labute approximate surface area is 305 Å². The molecule has 0 aliphatic rings. The summed E-state index contributed by atoms with van der Waals surface area (Å²) in [6, 6.07) is -7.76. The summed E-state index contributed by atoms with van der Waals surface area (Å²) in [5.74, 6) is -9.19. The maximum Gasteiger partial charge on any atom is 0.326 e. The van der Waals surface area contributed by atoms with Crippen LogP contribution in [0.2, 0.25) is 0 Å². The number of carbonyl (C=O) groups is 9. The van der Waals surface area contributed by atoms with Crippen molar-refractivity contribution in [1.82, 2.24) is 31.9 Å². The van der Waals surface area contributed by atoms with Gasteiger partial charge in [-0.25, -0.2) is 4.79 Å². The Morgan fingerprint density at radius 2 is 1.11 bits per heavy atom. The number of nitrogens with two attached hydrogens (primary N) is 4. The van der Waals surface area contributed by atoms with Gasteiger partial charge in [0.05, 0.1) is 12.6 Å². The number of carboxylic acid groups (broad SMARTS) is 3. The summed E-state index contributed by atoms with van der Waals surface area (Å²) in [6.45, 7) is 2.24. The summed E-state index contributed by atoms with van der Waals surface area (Å²) in [5, 5.41) is 41.3. The first-order chi connectivity index (χ1) is 24.8. The first kappa shape index (κ1) is 47.4. The third-order valence-electron chi connectivity index (χ3n) is 7.37. The summed E-state index contributed by atoms with van der Waals surface area (Å²) in [7, 11) is 0. The van der Waals surface area contributed by atoms with Crippen LogP contribution in [0.5, 0.6) is 0 Å². The second-order valence-corrected chi connectivity index (χ2v) is 12.0. The summed E-state index contributed by atoms with van der Waals surface area (Å²) in [4.78, 5) is 114. The summed E-state index contributed by atoms with van der Waals surface area (Å²) in [6.07, 6.45) is -0.561. The highest BCUT2D eigenvalue weighted by Crippen LogP contribution is 2.06. The molecule has 300 valence electrons. The number of carbonyl (C=O) groups excluding carboxylic acids is 6. The predicted octanol–water partition coefficient (Wildman–Crippen LogP) is -5.11. The van der Waals surface area contributed by atoms with Gasteiger partial charge in [0, 0.05) is 19.4 Å². The van der Waals surface area contributed by atoms with Crippen molar-refractivity contribution in [2.75, 3.05) is 19.6 Å². The SMILES string of the molecule is CC(NC(=O)C(N)CCC(=O)O)C(=O)NC(C)C(=O)NC(CCCCN)C(=O)NC(CCC(=O)O)C(=O)NCC(=O)NC(CCCN=C(N)N)C(=O)O. The molecule has 23 nitrogen and oxygen atoms in total. The van der Waals surface area contributed by atoms with Crippen LogP contribution in [-0.2, 0) is 43.2 Å². The summed E-state index contributed by atoms with van der Waals surface area (Å²) in [5.41, 5.74) is 21.7. The van der Waals surface area contributed by atoms with Crippen molar-refractivity contribution in [3.05, 3.63) is 0 Å². The molecule has 23 heteroatoms. The summed E-state index contributed by atoms with van der Waals surface area (Å²) >= 11 is 0. The molecule has 0 heterocycles. The van der Waals surface area contributed by atoms with Crippen LogP contribution in [0, 0.1) is 0 Å². The van der Waals surface area contributed by atoms with Crippen LogP contribution in [0.25, 0.3) is 0 Å². The minimum Gasteiger partial charge on any atom is -0.481 e. The predicted molar refractivity (Wildman–Crippen MR) is 186 cm³/mol. The van der Waals surface area contributed by atoms with Crippen molar-refractivity contribution >= 4 is 59.3 Å². The van der Waals surface area contributed by atoms with Gasteiger partial charge in [0.2, 0.25) is 35.4 Å². The molecular weight excluding hydrogens is 706 g/mol.